The lowest BCUT2D eigenvalue weighted by atomic mass is 10.1. The van der Waals surface area contributed by atoms with Crippen molar-refractivity contribution in [2.24, 2.45) is 0 Å². The molecule has 32 heavy (non-hydrogen) atoms. The van der Waals surface area contributed by atoms with Gasteiger partial charge in [0.25, 0.3) is 5.91 Å². The van der Waals surface area contributed by atoms with Crippen molar-refractivity contribution in [1.29, 1.82) is 0 Å². The molecule has 3 aromatic heterocycles. The fourth-order valence-electron chi connectivity index (χ4n) is 3.70. The largest absolute Gasteiger partial charge is 0.383 e. The quantitative estimate of drug-likeness (QED) is 0.412. The molecule has 0 atom stereocenters. The molecule has 3 heterocycles. The van der Waals surface area contributed by atoms with Gasteiger partial charge in [-0.1, -0.05) is 23.4 Å². The lowest BCUT2D eigenvalue weighted by Crippen LogP contribution is -2.32. The number of imidazole rings is 1. The predicted molar refractivity (Wildman–Crippen MR) is 118 cm³/mol. The summed E-state index contributed by atoms with van der Waals surface area (Å²) in [5, 5.41) is 10.6. The minimum absolute atomic E-state index is 0.239. The smallest absolute Gasteiger partial charge is 0.274 e. The van der Waals surface area contributed by atoms with Crippen LogP contribution in [-0.4, -0.2) is 45.7 Å². The van der Waals surface area contributed by atoms with Crippen molar-refractivity contribution in [3.05, 3.63) is 65.9 Å². The molecule has 1 aromatic carbocycles. The molecule has 1 aliphatic rings. The van der Waals surface area contributed by atoms with E-state index in [-0.39, 0.29) is 11.4 Å². The van der Waals surface area contributed by atoms with Crippen LogP contribution in [0.5, 0.6) is 0 Å². The van der Waals surface area contributed by atoms with E-state index in [0.717, 1.165) is 36.2 Å². The average molecular weight is 432 g/mol. The highest BCUT2D eigenvalue weighted by atomic mass is 16.5. The molecular formula is C23H24N6O3. The summed E-state index contributed by atoms with van der Waals surface area (Å²) in [4.78, 5) is 21.8. The van der Waals surface area contributed by atoms with E-state index < -0.39 is 0 Å². The standard InChI is InChI=1S/C23H24N6O3/c1-15-6-7-16(20-27-22(32-28-20)23(8-9-23)25-10-12-31-2)13-17(15)26-21(30)18-14-24-19-5-3-4-11-29(18)19/h3-7,11,13-14,25H,8-10,12H2,1-2H3,(H,26,30). The Bertz CT molecular complexity index is 1270. The van der Waals surface area contributed by atoms with E-state index in [1.165, 1.54) is 0 Å². The number of fused-ring (bicyclic) bond motifs is 1. The number of aryl methyl sites for hydroxylation is 1. The Balaban J connectivity index is 1.37. The van der Waals surface area contributed by atoms with Gasteiger partial charge >= 0.3 is 0 Å². The van der Waals surface area contributed by atoms with Crippen molar-refractivity contribution in [1.82, 2.24) is 24.8 Å². The van der Waals surface area contributed by atoms with Crippen LogP contribution in [0.4, 0.5) is 5.69 Å². The number of anilines is 1. The van der Waals surface area contributed by atoms with Crippen LogP contribution in [-0.2, 0) is 10.3 Å². The molecule has 164 valence electrons. The zero-order valence-electron chi connectivity index (χ0n) is 18.0. The number of rotatable bonds is 8. The second kappa shape index (κ2) is 8.18. The molecular weight excluding hydrogens is 408 g/mol. The van der Waals surface area contributed by atoms with Crippen LogP contribution in [0.25, 0.3) is 17.0 Å². The predicted octanol–water partition coefficient (Wildman–Crippen LogP) is 3.17. The SMILES string of the molecule is COCCNC1(c2nc(-c3ccc(C)c(NC(=O)c4cnc5ccccn45)c3)no2)CC1. The number of hydrogen-bond donors (Lipinski definition) is 2. The third-order valence-corrected chi connectivity index (χ3v) is 5.75. The highest BCUT2D eigenvalue weighted by Crippen LogP contribution is 2.45. The lowest BCUT2D eigenvalue weighted by Gasteiger charge is -2.11. The van der Waals surface area contributed by atoms with Gasteiger partial charge in [-0.3, -0.25) is 9.20 Å². The molecule has 1 fully saturated rings. The zero-order chi connectivity index (χ0) is 22.1. The minimum atomic E-state index is -0.255. The first kappa shape index (κ1) is 20.3. The van der Waals surface area contributed by atoms with Gasteiger partial charge in [-0.05, 0) is 43.5 Å². The molecule has 9 nitrogen and oxygen atoms in total. The number of pyridine rings is 1. The van der Waals surface area contributed by atoms with Crippen molar-refractivity contribution < 1.29 is 14.1 Å². The first-order chi connectivity index (χ1) is 15.6. The molecule has 9 heteroatoms. The number of nitrogens with zero attached hydrogens (tertiary/aromatic N) is 4. The number of nitrogens with one attached hydrogen (secondary N) is 2. The van der Waals surface area contributed by atoms with Gasteiger partial charge in [-0.15, -0.1) is 0 Å². The van der Waals surface area contributed by atoms with E-state index in [0.29, 0.717) is 29.7 Å². The Morgan fingerprint density at radius 1 is 1.28 bits per heavy atom. The van der Waals surface area contributed by atoms with Crippen molar-refractivity contribution >= 4 is 17.2 Å². The Labute approximate surface area is 184 Å². The highest BCUT2D eigenvalue weighted by Gasteiger charge is 2.49. The van der Waals surface area contributed by atoms with Gasteiger partial charge in [-0.25, -0.2) is 4.98 Å². The Morgan fingerprint density at radius 2 is 2.16 bits per heavy atom. The molecule has 4 aromatic rings. The first-order valence-electron chi connectivity index (χ1n) is 10.5. The number of benzene rings is 1. The topological polar surface area (TPSA) is 107 Å². The van der Waals surface area contributed by atoms with E-state index >= 15 is 0 Å². The van der Waals surface area contributed by atoms with E-state index in [2.05, 4.69) is 25.8 Å². The van der Waals surface area contributed by atoms with Gasteiger partial charge in [0.15, 0.2) is 0 Å². The number of hydrogen-bond acceptors (Lipinski definition) is 7. The van der Waals surface area contributed by atoms with E-state index in [9.17, 15) is 4.79 Å². The summed E-state index contributed by atoms with van der Waals surface area (Å²) in [7, 11) is 1.68. The van der Waals surface area contributed by atoms with E-state index in [1.54, 1.807) is 17.7 Å². The number of carbonyl (C=O) groups excluding carboxylic acids is 1. The molecule has 1 aliphatic carbocycles. The molecule has 1 amide bonds. The molecule has 0 radical (unpaired) electrons. The van der Waals surface area contributed by atoms with Gasteiger partial charge in [0, 0.05) is 31.1 Å². The van der Waals surface area contributed by atoms with Crippen LogP contribution in [0.2, 0.25) is 0 Å². The monoisotopic (exact) mass is 432 g/mol. The molecule has 0 spiro atoms. The maximum Gasteiger partial charge on any atom is 0.274 e. The molecule has 2 N–H and O–H groups in total. The van der Waals surface area contributed by atoms with Gasteiger partial charge in [-0.2, -0.15) is 4.98 Å². The van der Waals surface area contributed by atoms with Crippen molar-refractivity contribution in [2.45, 2.75) is 25.3 Å². The van der Waals surface area contributed by atoms with Crippen molar-refractivity contribution in [2.75, 3.05) is 25.6 Å². The first-order valence-corrected chi connectivity index (χ1v) is 10.5. The van der Waals surface area contributed by atoms with Crippen molar-refractivity contribution in [3.8, 4) is 11.4 Å². The van der Waals surface area contributed by atoms with Gasteiger partial charge in [0.05, 0.1) is 18.3 Å². The lowest BCUT2D eigenvalue weighted by molar-refractivity contribution is 0.102. The second-order valence-electron chi connectivity index (χ2n) is 7.98. The fraction of sp³-hybridized carbons (Fsp3) is 0.304. The van der Waals surface area contributed by atoms with Crippen LogP contribution >= 0.6 is 0 Å². The molecule has 0 aliphatic heterocycles. The van der Waals surface area contributed by atoms with Crippen LogP contribution in [0.3, 0.4) is 0 Å². The van der Waals surface area contributed by atoms with Gasteiger partial charge in [0.1, 0.15) is 11.3 Å². The Kier molecular flexibility index (Phi) is 5.20. The second-order valence-corrected chi connectivity index (χ2v) is 7.98. The maximum atomic E-state index is 12.9. The normalized spacial score (nSPS) is 14.6. The summed E-state index contributed by atoms with van der Waals surface area (Å²) in [5.74, 6) is 0.836. The van der Waals surface area contributed by atoms with Gasteiger partial charge < -0.3 is 19.9 Å². The summed E-state index contributed by atoms with van der Waals surface area (Å²) in [5.41, 5.74) is 3.31. The number of methoxy groups -OCH3 is 1. The Morgan fingerprint density at radius 3 is 2.97 bits per heavy atom. The summed E-state index contributed by atoms with van der Waals surface area (Å²) >= 11 is 0. The summed E-state index contributed by atoms with van der Waals surface area (Å²) in [6, 6.07) is 11.3. The Hall–Kier alpha value is -3.56. The molecule has 0 unspecified atom stereocenters. The molecule has 0 saturated heterocycles. The third-order valence-electron chi connectivity index (χ3n) is 5.75. The number of aromatic nitrogens is 4. The summed E-state index contributed by atoms with van der Waals surface area (Å²) < 4.78 is 12.4. The minimum Gasteiger partial charge on any atom is -0.383 e. The summed E-state index contributed by atoms with van der Waals surface area (Å²) in [6.45, 7) is 3.28. The van der Waals surface area contributed by atoms with Crippen LogP contribution in [0.15, 0.2) is 53.3 Å². The van der Waals surface area contributed by atoms with E-state index in [4.69, 9.17) is 9.26 Å². The molecule has 0 bridgehead atoms. The zero-order valence-corrected chi connectivity index (χ0v) is 18.0. The van der Waals surface area contributed by atoms with Gasteiger partial charge in [0.2, 0.25) is 11.7 Å². The molecule has 5 rings (SSSR count). The fourth-order valence-corrected chi connectivity index (χ4v) is 3.70. The van der Waals surface area contributed by atoms with Crippen LogP contribution in [0.1, 0.15) is 34.8 Å². The maximum absolute atomic E-state index is 12.9. The summed E-state index contributed by atoms with van der Waals surface area (Å²) in [6.07, 6.45) is 5.29. The van der Waals surface area contributed by atoms with Crippen LogP contribution in [0, 0.1) is 6.92 Å². The third kappa shape index (κ3) is 3.76. The van der Waals surface area contributed by atoms with Crippen molar-refractivity contribution in [3.63, 3.8) is 0 Å². The molecule has 1 saturated carbocycles. The average Bonchev–Trinajstić information content (AvgIpc) is 3.23. The van der Waals surface area contributed by atoms with E-state index in [1.807, 2.05) is 49.5 Å². The highest BCUT2D eigenvalue weighted by molar-refractivity contribution is 6.04. The number of carbonyl (C=O) groups is 1. The van der Waals surface area contributed by atoms with Crippen LogP contribution < -0.4 is 10.6 Å². The number of ether oxygens (including phenoxy) is 1. The number of amides is 1.